The Bertz CT molecular complexity index is 632. The Balaban J connectivity index is 2.09. The van der Waals surface area contributed by atoms with Crippen molar-refractivity contribution >= 4 is 21.4 Å². The summed E-state index contributed by atoms with van der Waals surface area (Å²) in [6, 6.07) is 7.09. The lowest BCUT2D eigenvalue weighted by molar-refractivity contribution is 0.298. The van der Waals surface area contributed by atoms with Crippen LogP contribution in [0.3, 0.4) is 0 Å². The highest BCUT2D eigenvalue weighted by Gasteiger charge is 2.38. The van der Waals surface area contributed by atoms with E-state index in [1.807, 2.05) is 11.3 Å². The summed E-state index contributed by atoms with van der Waals surface area (Å²) in [6.45, 7) is 14.0. The van der Waals surface area contributed by atoms with Crippen molar-refractivity contribution in [1.29, 1.82) is 0 Å². The first kappa shape index (κ1) is 13.2. The first-order valence-electron chi connectivity index (χ1n) is 7.24. The standard InChI is InChI=1S/C18H24S/c1-17(2,3)11-7-8-12-13-10-14(18(4,5)6)16(13)19-15(12)9-11/h7-9,14H,10H2,1-6H3. The zero-order chi connectivity index (χ0) is 14.0. The van der Waals surface area contributed by atoms with Gasteiger partial charge in [0.1, 0.15) is 0 Å². The maximum Gasteiger partial charge on any atom is 0.0351 e. The first-order valence-corrected chi connectivity index (χ1v) is 8.05. The van der Waals surface area contributed by atoms with Crippen LogP contribution in [-0.2, 0) is 11.8 Å². The Hall–Kier alpha value is -0.820. The minimum Gasteiger partial charge on any atom is -0.140 e. The minimum atomic E-state index is 0.246. The quantitative estimate of drug-likeness (QED) is 0.561. The molecule has 0 bridgehead atoms. The third-order valence-corrected chi connectivity index (χ3v) is 5.77. The molecule has 1 atom stereocenters. The number of thiophene rings is 1. The summed E-state index contributed by atoms with van der Waals surface area (Å²) in [7, 11) is 0. The van der Waals surface area contributed by atoms with Gasteiger partial charge in [-0.25, -0.2) is 0 Å². The molecule has 1 aliphatic rings. The van der Waals surface area contributed by atoms with Crippen LogP contribution in [-0.4, -0.2) is 0 Å². The Morgan fingerprint density at radius 1 is 1.05 bits per heavy atom. The predicted octanol–water partition coefficient (Wildman–Crippen LogP) is 5.88. The predicted molar refractivity (Wildman–Crippen MR) is 86.4 cm³/mol. The Morgan fingerprint density at radius 3 is 2.32 bits per heavy atom. The van der Waals surface area contributed by atoms with Crippen LogP contribution in [0.5, 0.6) is 0 Å². The second-order valence-corrected chi connectivity index (χ2v) is 9.11. The number of rotatable bonds is 0. The maximum atomic E-state index is 2.41. The summed E-state index contributed by atoms with van der Waals surface area (Å²) in [6.07, 6.45) is 1.27. The molecule has 0 fully saturated rings. The zero-order valence-electron chi connectivity index (χ0n) is 12.9. The second-order valence-electron chi connectivity index (χ2n) is 8.03. The van der Waals surface area contributed by atoms with E-state index in [1.54, 1.807) is 10.4 Å². The van der Waals surface area contributed by atoms with Crippen molar-refractivity contribution in [2.24, 2.45) is 5.41 Å². The van der Waals surface area contributed by atoms with Gasteiger partial charge in [-0.2, -0.15) is 0 Å². The van der Waals surface area contributed by atoms with Crippen molar-refractivity contribution < 1.29 is 0 Å². The molecule has 3 rings (SSSR count). The van der Waals surface area contributed by atoms with Crippen LogP contribution < -0.4 is 0 Å². The van der Waals surface area contributed by atoms with E-state index in [1.165, 1.54) is 22.1 Å². The average Bonchev–Trinajstić information content (AvgIpc) is 2.47. The first-order chi connectivity index (χ1) is 8.68. The van der Waals surface area contributed by atoms with Crippen LogP contribution in [0, 0.1) is 5.41 Å². The van der Waals surface area contributed by atoms with Gasteiger partial charge in [0.2, 0.25) is 0 Å². The van der Waals surface area contributed by atoms with Gasteiger partial charge in [-0.05, 0) is 39.8 Å². The van der Waals surface area contributed by atoms with Crippen LogP contribution in [0.2, 0.25) is 0 Å². The van der Waals surface area contributed by atoms with Crippen molar-refractivity contribution in [2.45, 2.75) is 59.3 Å². The molecule has 19 heavy (non-hydrogen) atoms. The van der Waals surface area contributed by atoms with E-state index in [4.69, 9.17) is 0 Å². The number of fused-ring (bicyclic) bond motifs is 3. The molecule has 1 heterocycles. The smallest absolute Gasteiger partial charge is 0.0351 e. The van der Waals surface area contributed by atoms with Crippen molar-refractivity contribution in [2.75, 3.05) is 0 Å². The normalized spacial score (nSPS) is 19.4. The van der Waals surface area contributed by atoms with Gasteiger partial charge >= 0.3 is 0 Å². The lowest BCUT2D eigenvalue weighted by Crippen LogP contribution is -2.27. The molecule has 0 saturated carbocycles. The molecule has 0 radical (unpaired) electrons. The van der Waals surface area contributed by atoms with Crippen molar-refractivity contribution in [3.8, 4) is 0 Å². The highest BCUT2D eigenvalue weighted by atomic mass is 32.1. The lowest BCUT2D eigenvalue weighted by atomic mass is 9.68. The Kier molecular flexibility index (Phi) is 2.67. The molecular weight excluding hydrogens is 248 g/mol. The SMILES string of the molecule is CC(C)(C)c1ccc2c3c(sc2c1)C(C(C)(C)C)C3. The molecule has 0 amide bonds. The molecule has 0 aliphatic heterocycles. The fourth-order valence-electron chi connectivity index (χ4n) is 2.99. The molecule has 0 spiro atoms. The molecular formula is C18H24S. The van der Waals surface area contributed by atoms with E-state index < -0.39 is 0 Å². The van der Waals surface area contributed by atoms with Gasteiger partial charge in [0.25, 0.3) is 0 Å². The third kappa shape index (κ3) is 2.03. The molecule has 2 aromatic rings. The lowest BCUT2D eigenvalue weighted by Gasteiger charge is -2.37. The summed E-state index contributed by atoms with van der Waals surface area (Å²) in [5.41, 5.74) is 3.73. The van der Waals surface area contributed by atoms with Crippen molar-refractivity contribution in [3.05, 3.63) is 34.2 Å². The summed E-state index contributed by atoms with van der Waals surface area (Å²) < 4.78 is 1.49. The van der Waals surface area contributed by atoms with Gasteiger partial charge in [-0.1, -0.05) is 53.7 Å². The van der Waals surface area contributed by atoms with E-state index in [2.05, 4.69) is 59.7 Å². The zero-order valence-corrected chi connectivity index (χ0v) is 13.7. The fraction of sp³-hybridized carbons (Fsp3) is 0.556. The summed E-state index contributed by atoms with van der Waals surface area (Å²) >= 11 is 2.03. The minimum absolute atomic E-state index is 0.246. The van der Waals surface area contributed by atoms with E-state index in [0.29, 0.717) is 5.41 Å². The molecule has 1 unspecified atom stereocenters. The number of hydrogen-bond acceptors (Lipinski definition) is 1. The molecule has 0 saturated heterocycles. The molecule has 1 aromatic heterocycles. The van der Waals surface area contributed by atoms with Gasteiger partial charge in [0.05, 0.1) is 0 Å². The molecule has 102 valence electrons. The van der Waals surface area contributed by atoms with Crippen LogP contribution >= 0.6 is 11.3 Å². The van der Waals surface area contributed by atoms with Gasteiger partial charge in [-0.3, -0.25) is 0 Å². The van der Waals surface area contributed by atoms with E-state index in [-0.39, 0.29) is 5.41 Å². The van der Waals surface area contributed by atoms with E-state index in [0.717, 1.165) is 5.92 Å². The van der Waals surface area contributed by atoms with Gasteiger partial charge < -0.3 is 0 Å². The Labute approximate surface area is 120 Å². The number of hydrogen-bond donors (Lipinski definition) is 0. The maximum absolute atomic E-state index is 2.41. The fourth-order valence-corrected chi connectivity index (χ4v) is 4.61. The van der Waals surface area contributed by atoms with Gasteiger partial charge in [0, 0.05) is 15.5 Å². The monoisotopic (exact) mass is 272 g/mol. The highest BCUT2D eigenvalue weighted by molar-refractivity contribution is 7.19. The van der Waals surface area contributed by atoms with Crippen molar-refractivity contribution in [1.82, 2.24) is 0 Å². The summed E-state index contributed by atoms with van der Waals surface area (Å²) in [4.78, 5) is 1.65. The molecule has 0 N–H and O–H groups in total. The van der Waals surface area contributed by atoms with Crippen LogP contribution in [0.15, 0.2) is 18.2 Å². The molecule has 1 aromatic carbocycles. The van der Waals surface area contributed by atoms with Gasteiger partial charge in [0.15, 0.2) is 0 Å². The number of benzene rings is 1. The van der Waals surface area contributed by atoms with Crippen LogP contribution in [0.25, 0.3) is 10.1 Å². The second kappa shape index (κ2) is 3.85. The summed E-state index contributed by atoms with van der Waals surface area (Å²) in [5.74, 6) is 0.762. The van der Waals surface area contributed by atoms with E-state index in [9.17, 15) is 0 Å². The highest BCUT2D eigenvalue weighted by Crippen LogP contribution is 2.53. The third-order valence-electron chi connectivity index (χ3n) is 4.46. The molecule has 1 heteroatoms. The molecule has 1 aliphatic carbocycles. The summed E-state index contributed by atoms with van der Waals surface area (Å²) in [5, 5.41) is 1.51. The van der Waals surface area contributed by atoms with E-state index >= 15 is 0 Å². The Morgan fingerprint density at radius 2 is 1.74 bits per heavy atom. The average molecular weight is 272 g/mol. The largest absolute Gasteiger partial charge is 0.140 e. The van der Waals surface area contributed by atoms with Crippen LogP contribution in [0.4, 0.5) is 0 Å². The van der Waals surface area contributed by atoms with Gasteiger partial charge in [-0.15, -0.1) is 11.3 Å². The molecule has 0 nitrogen and oxygen atoms in total. The van der Waals surface area contributed by atoms with Crippen LogP contribution in [0.1, 0.15) is 63.5 Å². The van der Waals surface area contributed by atoms with Crippen molar-refractivity contribution in [3.63, 3.8) is 0 Å². The topological polar surface area (TPSA) is 0 Å².